The van der Waals surface area contributed by atoms with Crippen LogP contribution < -0.4 is 10.1 Å². The zero-order valence-corrected chi connectivity index (χ0v) is 19.1. The van der Waals surface area contributed by atoms with E-state index in [-0.39, 0.29) is 10.8 Å². The smallest absolute Gasteiger partial charge is 0.257 e. The number of thiazole rings is 1. The van der Waals surface area contributed by atoms with Crippen molar-refractivity contribution in [1.29, 1.82) is 0 Å². The standard InChI is InChI=1S/C22H25N3O4S2/c1-3-29-18-7-4-8-19-20(18)23-22(30-19)24-21(26)16-9-11-17(12-10-16)31(27,28)25-13-5-6-15(2)14-25/h4,7-12,15H,3,5-6,13-14H2,1-2H3,(H,23,24,26)/t15-/m0/s1. The van der Waals surface area contributed by atoms with Gasteiger partial charge in [0.1, 0.15) is 11.3 Å². The maximum atomic E-state index is 12.9. The first-order valence-electron chi connectivity index (χ1n) is 10.3. The number of nitrogens with zero attached hydrogens (tertiary/aromatic N) is 2. The summed E-state index contributed by atoms with van der Waals surface area (Å²) in [6, 6.07) is 11.7. The predicted octanol–water partition coefficient (Wildman–Crippen LogP) is 4.37. The monoisotopic (exact) mass is 459 g/mol. The Morgan fingerprint density at radius 2 is 2.03 bits per heavy atom. The maximum absolute atomic E-state index is 12.9. The van der Waals surface area contributed by atoms with Crippen LogP contribution in [0.2, 0.25) is 0 Å². The van der Waals surface area contributed by atoms with Crippen LogP contribution in [0.3, 0.4) is 0 Å². The number of aromatic nitrogens is 1. The van der Waals surface area contributed by atoms with Crippen molar-refractivity contribution in [2.24, 2.45) is 5.92 Å². The van der Waals surface area contributed by atoms with Gasteiger partial charge < -0.3 is 4.74 Å². The number of anilines is 1. The highest BCUT2D eigenvalue weighted by atomic mass is 32.2. The van der Waals surface area contributed by atoms with Crippen molar-refractivity contribution in [1.82, 2.24) is 9.29 Å². The van der Waals surface area contributed by atoms with E-state index in [1.54, 1.807) is 0 Å². The number of hydrogen-bond acceptors (Lipinski definition) is 6. The highest BCUT2D eigenvalue weighted by molar-refractivity contribution is 7.89. The highest BCUT2D eigenvalue weighted by Crippen LogP contribution is 2.32. The molecule has 31 heavy (non-hydrogen) atoms. The second-order valence-corrected chi connectivity index (χ2v) is 10.6. The van der Waals surface area contributed by atoms with Crippen molar-refractivity contribution in [2.75, 3.05) is 25.0 Å². The number of amides is 1. The average molecular weight is 460 g/mol. The number of carbonyl (C=O) groups excluding carboxylic acids is 1. The van der Waals surface area contributed by atoms with Crippen LogP contribution in [0.5, 0.6) is 5.75 Å². The van der Waals surface area contributed by atoms with Gasteiger partial charge in [-0.1, -0.05) is 24.3 Å². The van der Waals surface area contributed by atoms with E-state index in [0.717, 1.165) is 17.5 Å². The summed E-state index contributed by atoms with van der Waals surface area (Å²) >= 11 is 1.36. The summed E-state index contributed by atoms with van der Waals surface area (Å²) in [5, 5.41) is 3.26. The third-order valence-corrected chi connectivity index (χ3v) is 8.09. The number of ether oxygens (including phenoxy) is 1. The molecule has 3 aromatic rings. The van der Waals surface area contributed by atoms with Gasteiger partial charge in [-0.3, -0.25) is 10.1 Å². The molecule has 4 rings (SSSR count). The molecule has 1 atom stereocenters. The van der Waals surface area contributed by atoms with Crippen LogP contribution in [0.15, 0.2) is 47.4 Å². The van der Waals surface area contributed by atoms with Gasteiger partial charge in [-0.2, -0.15) is 4.31 Å². The fourth-order valence-corrected chi connectivity index (χ4v) is 6.19. The fraction of sp³-hybridized carbons (Fsp3) is 0.364. The molecule has 164 valence electrons. The molecule has 2 heterocycles. The molecule has 1 saturated heterocycles. The lowest BCUT2D eigenvalue weighted by molar-refractivity contribution is 0.102. The third kappa shape index (κ3) is 4.58. The summed E-state index contributed by atoms with van der Waals surface area (Å²) in [4.78, 5) is 17.4. The SMILES string of the molecule is CCOc1cccc2sc(NC(=O)c3ccc(S(=O)(=O)N4CCC[C@H](C)C4)cc3)nc12. The molecule has 1 amide bonds. The topological polar surface area (TPSA) is 88.6 Å². The van der Waals surface area contributed by atoms with E-state index in [0.29, 0.717) is 47.6 Å². The van der Waals surface area contributed by atoms with Gasteiger partial charge in [0, 0.05) is 18.7 Å². The minimum absolute atomic E-state index is 0.208. The molecule has 1 fully saturated rings. The molecule has 1 aliphatic heterocycles. The predicted molar refractivity (Wildman–Crippen MR) is 122 cm³/mol. The van der Waals surface area contributed by atoms with Crippen LogP contribution in [0.25, 0.3) is 10.2 Å². The Hall–Kier alpha value is -2.49. The number of hydrogen-bond donors (Lipinski definition) is 1. The number of benzene rings is 2. The molecule has 0 saturated carbocycles. The second-order valence-electron chi connectivity index (χ2n) is 7.64. The Labute approximate surface area is 186 Å². The van der Waals surface area contributed by atoms with Crippen molar-refractivity contribution in [3.05, 3.63) is 48.0 Å². The number of carbonyl (C=O) groups is 1. The van der Waals surface area contributed by atoms with Crippen LogP contribution in [-0.2, 0) is 10.0 Å². The number of para-hydroxylation sites is 1. The Bertz CT molecular complexity index is 1190. The Kier molecular flexibility index (Phi) is 6.27. The molecule has 2 aromatic carbocycles. The first-order chi connectivity index (χ1) is 14.9. The summed E-state index contributed by atoms with van der Waals surface area (Å²) in [5.41, 5.74) is 1.08. The van der Waals surface area contributed by atoms with Gasteiger partial charge in [0.05, 0.1) is 16.2 Å². The number of piperidine rings is 1. The fourth-order valence-electron chi connectivity index (χ4n) is 3.71. The van der Waals surface area contributed by atoms with E-state index in [1.165, 1.54) is 39.9 Å². The zero-order chi connectivity index (χ0) is 22.0. The van der Waals surface area contributed by atoms with E-state index in [9.17, 15) is 13.2 Å². The van der Waals surface area contributed by atoms with E-state index in [1.807, 2.05) is 25.1 Å². The van der Waals surface area contributed by atoms with Crippen LogP contribution in [0.4, 0.5) is 5.13 Å². The number of nitrogens with one attached hydrogen (secondary N) is 1. The van der Waals surface area contributed by atoms with Gasteiger partial charge in [0.2, 0.25) is 10.0 Å². The normalized spacial score (nSPS) is 17.5. The lowest BCUT2D eigenvalue weighted by Crippen LogP contribution is -2.39. The maximum Gasteiger partial charge on any atom is 0.257 e. The molecule has 0 spiro atoms. The van der Waals surface area contributed by atoms with E-state index in [2.05, 4.69) is 17.2 Å². The lowest BCUT2D eigenvalue weighted by atomic mass is 10.0. The Morgan fingerprint density at radius 3 is 2.74 bits per heavy atom. The Balaban J connectivity index is 1.50. The molecule has 9 heteroatoms. The lowest BCUT2D eigenvalue weighted by Gasteiger charge is -2.30. The van der Waals surface area contributed by atoms with Crippen molar-refractivity contribution >= 4 is 42.6 Å². The Morgan fingerprint density at radius 1 is 1.26 bits per heavy atom. The zero-order valence-electron chi connectivity index (χ0n) is 17.5. The van der Waals surface area contributed by atoms with E-state index < -0.39 is 10.0 Å². The van der Waals surface area contributed by atoms with Gasteiger partial charge in [-0.15, -0.1) is 0 Å². The van der Waals surface area contributed by atoms with Gasteiger partial charge >= 0.3 is 0 Å². The van der Waals surface area contributed by atoms with Crippen LogP contribution in [0.1, 0.15) is 37.0 Å². The summed E-state index contributed by atoms with van der Waals surface area (Å²) in [7, 11) is -3.55. The van der Waals surface area contributed by atoms with Crippen molar-refractivity contribution in [2.45, 2.75) is 31.6 Å². The van der Waals surface area contributed by atoms with Crippen LogP contribution in [0, 0.1) is 5.92 Å². The van der Waals surface area contributed by atoms with Gasteiger partial charge in [-0.05, 0) is 62.1 Å². The molecule has 0 bridgehead atoms. The number of fused-ring (bicyclic) bond motifs is 1. The van der Waals surface area contributed by atoms with Gasteiger partial charge in [0.25, 0.3) is 5.91 Å². The summed E-state index contributed by atoms with van der Waals surface area (Å²) < 4.78 is 33.8. The van der Waals surface area contributed by atoms with Crippen molar-refractivity contribution in [3.8, 4) is 5.75 Å². The van der Waals surface area contributed by atoms with Crippen molar-refractivity contribution in [3.63, 3.8) is 0 Å². The summed E-state index contributed by atoms with van der Waals surface area (Å²) in [6.07, 6.45) is 1.91. The first-order valence-corrected chi connectivity index (χ1v) is 12.6. The highest BCUT2D eigenvalue weighted by Gasteiger charge is 2.28. The molecule has 0 unspecified atom stereocenters. The molecular formula is C22H25N3O4S2. The van der Waals surface area contributed by atoms with E-state index >= 15 is 0 Å². The average Bonchev–Trinajstić information content (AvgIpc) is 3.17. The number of rotatable bonds is 6. The van der Waals surface area contributed by atoms with E-state index in [4.69, 9.17) is 4.74 Å². The molecule has 1 aliphatic rings. The minimum Gasteiger partial charge on any atom is -0.492 e. The van der Waals surface area contributed by atoms with Crippen molar-refractivity contribution < 1.29 is 17.9 Å². The molecular weight excluding hydrogens is 434 g/mol. The molecule has 0 radical (unpaired) electrons. The van der Waals surface area contributed by atoms with Gasteiger partial charge in [0.15, 0.2) is 5.13 Å². The van der Waals surface area contributed by atoms with Crippen LogP contribution >= 0.6 is 11.3 Å². The second kappa shape index (κ2) is 8.94. The molecule has 0 aliphatic carbocycles. The summed E-state index contributed by atoms with van der Waals surface area (Å²) in [5.74, 6) is 0.691. The molecule has 1 N–H and O–H groups in total. The first kappa shape index (κ1) is 21.7. The quantitative estimate of drug-likeness (QED) is 0.591. The van der Waals surface area contributed by atoms with Crippen LogP contribution in [-0.4, -0.2) is 43.3 Å². The van der Waals surface area contributed by atoms with Gasteiger partial charge in [-0.25, -0.2) is 13.4 Å². The summed E-state index contributed by atoms with van der Waals surface area (Å²) in [6.45, 7) is 5.57. The molecule has 7 nitrogen and oxygen atoms in total. The third-order valence-electron chi connectivity index (χ3n) is 5.28. The number of sulfonamides is 1. The minimum atomic E-state index is -3.55. The largest absolute Gasteiger partial charge is 0.492 e. The molecule has 1 aromatic heterocycles.